The predicted molar refractivity (Wildman–Crippen MR) is 72.6 cm³/mol. The van der Waals surface area contributed by atoms with Gasteiger partial charge in [-0.05, 0) is 79.7 Å². The van der Waals surface area contributed by atoms with E-state index in [1.54, 1.807) is 0 Å². The smallest absolute Gasteiger partial charge is 0.121 e. The van der Waals surface area contributed by atoms with E-state index in [0.717, 1.165) is 29.2 Å². The van der Waals surface area contributed by atoms with Gasteiger partial charge in [0.25, 0.3) is 0 Å². The summed E-state index contributed by atoms with van der Waals surface area (Å²) < 4.78 is 0. The number of hydrogen-bond donors (Lipinski definition) is 1. The van der Waals surface area contributed by atoms with E-state index >= 15 is 0 Å². The van der Waals surface area contributed by atoms with Crippen molar-refractivity contribution in [1.29, 1.82) is 0 Å². The minimum atomic E-state index is 0.579. The van der Waals surface area contributed by atoms with Gasteiger partial charge >= 0.3 is 0 Å². The lowest BCUT2D eigenvalue weighted by atomic mass is 9.50. The van der Waals surface area contributed by atoms with Gasteiger partial charge in [0.15, 0.2) is 0 Å². The SMILES string of the molecule is Cc1cccc(C2C3CC4CC(C3)CC2C4)c1O. The topological polar surface area (TPSA) is 20.2 Å². The monoisotopic (exact) mass is 242 g/mol. The maximum atomic E-state index is 10.4. The van der Waals surface area contributed by atoms with Gasteiger partial charge in [0.2, 0.25) is 0 Å². The lowest BCUT2D eigenvalue weighted by Crippen LogP contribution is -2.43. The molecule has 4 saturated carbocycles. The van der Waals surface area contributed by atoms with Crippen molar-refractivity contribution >= 4 is 0 Å². The molecule has 4 aliphatic rings. The van der Waals surface area contributed by atoms with Gasteiger partial charge in [-0.25, -0.2) is 0 Å². The molecule has 0 amide bonds. The van der Waals surface area contributed by atoms with Crippen LogP contribution in [0.1, 0.15) is 49.1 Å². The molecule has 0 aliphatic heterocycles. The van der Waals surface area contributed by atoms with Gasteiger partial charge < -0.3 is 5.11 Å². The van der Waals surface area contributed by atoms with Crippen LogP contribution in [0.2, 0.25) is 0 Å². The number of aromatic hydroxyl groups is 1. The van der Waals surface area contributed by atoms with Crippen molar-refractivity contribution in [2.45, 2.75) is 44.9 Å². The van der Waals surface area contributed by atoms with E-state index < -0.39 is 0 Å². The highest BCUT2D eigenvalue weighted by molar-refractivity contribution is 5.43. The molecule has 4 aliphatic carbocycles. The molecule has 1 aromatic rings. The van der Waals surface area contributed by atoms with E-state index in [2.05, 4.69) is 12.1 Å². The average molecular weight is 242 g/mol. The minimum Gasteiger partial charge on any atom is -0.507 e. The molecule has 4 bridgehead atoms. The second-order valence-corrected chi connectivity index (χ2v) is 6.97. The van der Waals surface area contributed by atoms with Crippen LogP contribution >= 0.6 is 0 Å². The first-order valence-electron chi connectivity index (χ1n) is 7.51. The number of phenols is 1. The number of phenolic OH excluding ortho intramolecular Hbond substituents is 1. The van der Waals surface area contributed by atoms with Crippen LogP contribution < -0.4 is 0 Å². The molecule has 0 atom stereocenters. The zero-order chi connectivity index (χ0) is 12.3. The third kappa shape index (κ3) is 1.46. The van der Waals surface area contributed by atoms with Crippen molar-refractivity contribution in [2.24, 2.45) is 23.7 Å². The summed E-state index contributed by atoms with van der Waals surface area (Å²) in [6.45, 7) is 2.02. The molecular weight excluding hydrogens is 220 g/mol. The number of para-hydroxylation sites is 1. The summed E-state index contributed by atoms with van der Waals surface area (Å²) in [6, 6.07) is 6.32. The van der Waals surface area contributed by atoms with Crippen molar-refractivity contribution in [3.05, 3.63) is 29.3 Å². The van der Waals surface area contributed by atoms with Crippen LogP contribution in [0.15, 0.2) is 18.2 Å². The number of benzene rings is 1. The van der Waals surface area contributed by atoms with Gasteiger partial charge in [-0.1, -0.05) is 18.2 Å². The summed E-state index contributed by atoms with van der Waals surface area (Å²) in [4.78, 5) is 0. The lowest BCUT2D eigenvalue weighted by Gasteiger charge is -2.54. The van der Waals surface area contributed by atoms with Crippen molar-refractivity contribution in [1.82, 2.24) is 0 Å². The standard InChI is InChI=1S/C17H22O/c1-10-3-2-4-15(17(10)18)16-13-6-11-5-12(8-13)9-14(16)7-11/h2-4,11-14,16,18H,5-9H2,1H3. The van der Waals surface area contributed by atoms with Gasteiger partial charge in [0, 0.05) is 0 Å². The summed E-state index contributed by atoms with van der Waals surface area (Å²) in [5.41, 5.74) is 2.30. The highest BCUT2D eigenvalue weighted by Crippen LogP contribution is 2.60. The van der Waals surface area contributed by atoms with Crippen LogP contribution in [0.4, 0.5) is 0 Å². The second kappa shape index (κ2) is 3.76. The second-order valence-electron chi connectivity index (χ2n) is 6.97. The zero-order valence-electron chi connectivity index (χ0n) is 11.1. The first kappa shape index (κ1) is 10.9. The molecule has 1 aromatic carbocycles. The summed E-state index contributed by atoms with van der Waals surface area (Å²) in [6.07, 6.45) is 7.19. The average Bonchev–Trinajstić information content (AvgIpc) is 2.33. The van der Waals surface area contributed by atoms with Crippen molar-refractivity contribution in [2.75, 3.05) is 0 Å². The normalized spacial score (nSPS) is 41.3. The Morgan fingerprint density at radius 1 is 0.944 bits per heavy atom. The Bertz CT molecular complexity index is 448. The Morgan fingerprint density at radius 2 is 1.56 bits per heavy atom. The molecule has 0 unspecified atom stereocenters. The molecule has 4 fully saturated rings. The maximum Gasteiger partial charge on any atom is 0.121 e. The van der Waals surface area contributed by atoms with E-state index in [4.69, 9.17) is 0 Å². The van der Waals surface area contributed by atoms with E-state index in [9.17, 15) is 5.11 Å². The van der Waals surface area contributed by atoms with E-state index in [1.165, 1.54) is 37.7 Å². The third-order valence-corrected chi connectivity index (χ3v) is 5.85. The van der Waals surface area contributed by atoms with Gasteiger partial charge in [-0.15, -0.1) is 0 Å². The molecular formula is C17H22O. The first-order valence-corrected chi connectivity index (χ1v) is 7.51. The van der Waals surface area contributed by atoms with Crippen LogP contribution in [0.25, 0.3) is 0 Å². The lowest BCUT2D eigenvalue weighted by molar-refractivity contribution is -0.00349. The Balaban J connectivity index is 1.74. The molecule has 1 nitrogen and oxygen atoms in total. The number of hydrogen-bond acceptors (Lipinski definition) is 1. The van der Waals surface area contributed by atoms with Gasteiger partial charge in [0.1, 0.15) is 5.75 Å². The van der Waals surface area contributed by atoms with Gasteiger partial charge in [-0.2, -0.15) is 0 Å². The maximum absolute atomic E-state index is 10.4. The molecule has 0 aromatic heterocycles. The molecule has 1 heteroatoms. The third-order valence-electron chi connectivity index (χ3n) is 5.85. The van der Waals surface area contributed by atoms with Crippen molar-refractivity contribution in [3.8, 4) is 5.75 Å². The summed E-state index contributed by atoms with van der Waals surface area (Å²) in [5.74, 6) is 4.96. The molecule has 0 radical (unpaired) electrons. The fraction of sp³-hybridized carbons (Fsp3) is 0.647. The highest BCUT2D eigenvalue weighted by atomic mass is 16.3. The van der Waals surface area contributed by atoms with Gasteiger partial charge in [-0.3, -0.25) is 0 Å². The zero-order valence-corrected chi connectivity index (χ0v) is 11.1. The van der Waals surface area contributed by atoms with Crippen LogP contribution in [0.3, 0.4) is 0 Å². The Hall–Kier alpha value is -0.980. The van der Waals surface area contributed by atoms with Crippen LogP contribution in [-0.2, 0) is 0 Å². The highest BCUT2D eigenvalue weighted by Gasteiger charge is 2.49. The molecule has 1 N–H and O–H groups in total. The number of aryl methyl sites for hydroxylation is 1. The molecule has 96 valence electrons. The van der Waals surface area contributed by atoms with E-state index in [1.807, 2.05) is 13.0 Å². The van der Waals surface area contributed by atoms with E-state index in [-0.39, 0.29) is 0 Å². The molecule has 5 rings (SSSR count). The largest absolute Gasteiger partial charge is 0.507 e. The van der Waals surface area contributed by atoms with Crippen LogP contribution in [-0.4, -0.2) is 5.11 Å². The fourth-order valence-corrected chi connectivity index (χ4v) is 5.38. The first-order chi connectivity index (χ1) is 8.72. The Morgan fingerprint density at radius 3 is 2.17 bits per heavy atom. The van der Waals surface area contributed by atoms with Crippen LogP contribution in [0.5, 0.6) is 5.75 Å². The molecule has 18 heavy (non-hydrogen) atoms. The summed E-state index contributed by atoms with van der Waals surface area (Å²) in [5, 5.41) is 10.4. The Kier molecular flexibility index (Phi) is 2.27. The summed E-state index contributed by atoms with van der Waals surface area (Å²) >= 11 is 0. The summed E-state index contributed by atoms with van der Waals surface area (Å²) in [7, 11) is 0. The number of rotatable bonds is 1. The van der Waals surface area contributed by atoms with Gasteiger partial charge in [0.05, 0.1) is 0 Å². The van der Waals surface area contributed by atoms with Crippen LogP contribution in [0, 0.1) is 30.6 Å². The fourth-order valence-electron chi connectivity index (χ4n) is 5.38. The molecule has 0 heterocycles. The minimum absolute atomic E-state index is 0.579. The van der Waals surface area contributed by atoms with Crippen molar-refractivity contribution < 1.29 is 5.11 Å². The van der Waals surface area contributed by atoms with E-state index in [0.29, 0.717) is 11.7 Å². The Labute approximate surface area is 109 Å². The van der Waals surface area contributed by atoms with Crippen molar-refractivity contribution in [3.63, 3.8) is 0 Å². The molecule has 0 saturated heterocycles. The predicted octanol–water partition coefficient (Wildman–Crippen LogP) is 4.24. The molecule has 0 spiro atoms. The quantitative estimate of drug-likeness (QED) is 0.781.